The molecule has 1 N–H and O–H groups in total. The summed E-state index contributed by atoms with van der Waals surface area (Å²) in [5.41, 5.74) is 1.34. The Kier molecular flexibility index (Phi) is 6.18. The first kappa shape index (κ1) is 20.6. The molecule has 7 heteroatoms. The van der Waals surface area contributed by atoms with Crippen molar-refractivity contribution in [2.24, 2.45) is 0 Å². The summed E-state index contributed by atoms with van der Waals surface area (Å²) in [6.45, 7) is 3.95. The number of hydrogen-bond acceptors (Lipinski definition) is 5. The Labute approximate surface area is 180 Å². The number of benzene rings is 2. The average Bonchev–Trinajstić information content (AvgIpc) is 3.04. The molecular weight excluding hydrogens is 404 g/mol. The van der Waals surface area contributed by atoms with Gasteiger partial charge in [-0.1, -0.05) is 41.9 Å². The molecule has 156 valence electrons. The standard InChI is InChI=1S/C23H23ClN2O4/c24-18-8-6-17(7-9-18)21(27)19-20(16-4-2-1-3-5-16)26(23(29)22(19)28)11-10-25-12-14-30-15-13-25/h1-9,20,27H,10-15H2. The molecule has 0 bridgehead atoms. The van der Waals surface area contributed by atoms with Crippen LogP contribution in [0.1, 0.15) is 17.2 Å². The molecule has 1 amide bonds. The topological polar surface area (TPSA) is 70.1 Å². The average molecular weight is 427 g/mol. The molecule has 0 aromatic heterocycles. The molecule has 1 atom stereocenters. The Bertz CT molecular complexity index is 953. The van der Waals surface area contributed by atoms with E-state index in [0.717, 1.165) is 18.7 Å². The molecule has 2 heterocycles. The van der Waals surface area contributed by atoms with Gasteiger partial charge in [-0.05, 0) is 29.8 Å². The molecule has 2 aromatic rings. The van der Waals surface area contributed by atoms with Crippen molar-refractivity contribution in [3.63, 3.8) is 0 Å². The molecule has 2 fully saturated rings. The maximum Gasteiger partial charge on any atom is 0.295 e. The highest BCUT2D eigenvalue weighted by Crippen LogP contribution is 2.39. The first-order valence-corrected chi connectivity index (χ1v) is 10.3. The normalized spacial score (nSPS) is 21.9. The summed E-state index contributed by atoms with van der Waals surface area (Å²) in [5.74, 6) is -1.45. The number of nitrogens with zero attached hydrogens (tertiary/aromatic N) is 2. The van der Waals surface area contributed by atoms with Crippen molar-refractivity contribution in [3.8, 4) is 0 Å². The summed E-state index contributed by atoms with van der Waals surface area (Å²) in [6, 6.07) is 15.3. The van der Waals surface area contributed by atoms with Crippen LogP contribution in [0.2, 0.25) is 5.02 Å². The highest BCUT2D eigenvalue weighted by molar-refractivity contribution is 6.46. The largest absolute Gasteiger partial charge is 0.507 e. The van der Waals surface area contributed by atoms with E-state index >= 15 is 0 Å². The minimum atomic E-state index is -0.668. The molecule has 4 rings (SSSR count). The highest BCUT2D eigenvalue weighted by atomic mass is 35.5. The van der Waals surface area contributed by atoms with Gasteiger partial charge in [0.05, 0.1) is 24.8 Å². The Morgan fingerprint density at radius 3 is 2.33 bits per heavy atom. The lowest BCUT2D eigenvalue weighted by molar-refractivity contribution is -0.140. The van der Waals surface area contributed by atoms with Crippen molar-refractivity contribution in [2.45, 2.75) is 6.04 Å². The van der Waals surface area contributed by atoms with Crippen LogP contribution in [0.15, 0.2) is 60.2 Å². The lowest BCUT2D eigenvalue weighted by Crippen LogP contribution is -2.42. The molecule has 0 aliphatic carbocycles. The van der Waals surface area contributed by atoms with Gasteiger partial charge in [-0.3, -0.25) is 14.5 Å². The van der Waals surface area contributed by atoms with Gasteiger partial charge in [0, 0.05) is 36.8 Å². The third kappa shape index (κ3) is 4.12. The summed E-state index contributed by atoms with van der Waals surface area (Å²) >= 11 is 5.95. The number of likely N-dealkylation sites (tertiary alicyclic amines) is 1. The second-order valence-corrected chi connectivity index (χ2v) is 7.80. The second-order valence-electron chi connectivity index (χ2n) is 7.36. The van der Waals surface area contributed by atoms with Crippen LogP contribution in [-0.4, -0.2) is 66.0 Å². The summed E-state index contributed by atoms with van der Waals surface area (Å²) in [7, 11) is 0. The van der Waals surface area contributed by atoms with E-state index in [0.29, 0.717) is 36.9 Å². The lowest BCUT2D eigenvalue weighted by Gasteiger charge is -2.31. The minimum Gasteiger partial charge on any atom is -0.507 e. The first-order valence-electron chi connectivity index (χ1n) is 9.95. The minimum absolute atomic E-state index is 0.107. The SMILES string of the molecule is O=C1C(=O)N(CCN2CCOCC2)C(c2ccccc2)C1=C(O)c1ccc(Cl)cc1. The van der Waals surface area contributed by atoms with Gasteiger partial charge in [-0.15, -0.1) is 0 Å². The van der Waals surface area contributed by atoms with E-state index in [1.807, 2.05) is 30.3 Å². The highest BCUT2D eigenvalue weighted by Gasteiger charge is 2.45. The summed E-state index contributed by atoms with van der Waals surface area (Å²) in [6.07, 6.45) is 0. The first-order chi connectivity index (χ1) is 14.6. The van der Waals surface area contributed by atoms with E-state index < -0.39 is 17.7 Å². The Morgan fingerprint density at radius 2 is 1.67 bits per heavy atom. The molecule has 2 saturated heterocycles. The molecule has 2 aromatic carbocycles. The molecule has 0 saturated carbocycles. The lowest BCUT2D eigenvalue weighted by atomic mass is 9.95. The molecule has 2 aliphatic rings. The number of morpholine rings is 1. The number of ether oxygens (including phenoxy) is 1. The monoisotopic (exact) mass is 426 g/mol. The number of aliphatic hydroxyl groups is 1. The van der Waals surface area contributed by atoms with Gasteiger partial charge in [0.25, 0.3) is 11.7 Å². The van der Waals surface area contributed by atoms with Crippen LogP contribution < -0.4 is 0 Å². The molecular formula is C23H23ClN2O4. The third-order valence-corrected chi connectivity index (χ3v) is 5.79. The zero-order valence-electron chi connectivity index (χ0n) is 16.5. The molecule has 30 heavy (non-hydrogen) atoms. The summed E-state index contributed by atoms with van der Waals surface area (Å²) < 4.78 is 5.38. The van der Waals surface area contributed by atoms with Crippen molar-refractivity contribution in [1.82, 2.24) is 9.80 Å². The van der Waals surface area contributed by atoms with Crippen LogP contribution >= 0.6 is 11.6 Å². The van der Waals surface area contributed by atoms with Crippen LogP contribution in [0.3, 0.4) is 0 Å². The molecule has 2 aliphatic heterocycles. The molecule has 6 nitrogen and oxygen atoms in total. The number of carbonyl (C=O) groups excluding carboxylic acids is 2. The predicted molar refractivity (Wildman–Crippen MR) is 114 cm³/mol. The van der Waals surface area contributed by atoms with Gasteiger partial charge in [-0.2, -0.15) is 0 Å². The van der Waals surface area contributed by atoms with E-state index in [1.54, 1.807) is 29.2 Å². The van der Waals surface area contributed by atoms with Crippen LogP contribution in [0, 0.1) is 0 Å². The number of Topliss-reactive ketones (excluding diaryl/α,β-unsaturated/α-hetero) is 1. The Morgan fingerprint density at radius 1 is 1.00 bits per heavy atom. The fraction of sp³-hybridized carbons (Fsp3) is 0.304. The summed E-state index contributed by atoms with van der Waals surface area (Å²) in [4.78, 5) is 29.7. The van der Waals surface area contributed by atoms with E-state index in [1.165, 1.54) is 0 Å². The van der Waals surface area contributed by atoms with E-state index in [4.69, 9.17) is 16.3 Å². The van der Waals surface area contributed by atoms with Gasteiger partial charge >= 0.3 is 0 Å². The number of aliphatic hydroxyl groups excluding tert-OH is 1. The number of halogens is 1. The van der Waals surface area contributed by atoms with E-state index in [-0.39, 0.29) is 11.3 Å². The van der Waals surface area contributed by atoms with Gasteiger partial charge in [0.1, 0.15) is 5.76 Å². The van der Waals surface area contributed by atoms with E-state index in [9.17, 15) is 14.7 Å². The van der Waals surface area contributed by atoms with Crippen molar-refractivity contribution >= 4 is 29.1 Å². The van der Waals surface area contributed by atoms with Crippen LogP contribution in [0.5, 0.6) is 0 Å². The number of amides is 1. The zero-order chi connectivity index (χ0) is 21.1. The number of rotatable bonds is 5. The smallest absolute Gasteiger partial charge is 0.295 e. The fourth-order valence-electron chi connectivity index (χ4n) is 3.93. The van der Waals surface area contributed by atoms with Crippen molar-refractivity contribution in [2.75, 3.05) is 39.4 Å². The predicted octanol–water partition coefficient (Wildman–Crippen LogP) is 3.09. The van der Waals surface area contributed by atoms with Crippen molar-refractivity contribution in [1.29, 1.82) is 0 Å². The van der Waals surface area contributed by atoms with Crippen LogP contribution in [-0.2, 0) is 14.3 Å². The fourth-order valence-corrected chi connectivity index (χ4v) is 4.06. The molecule has 0 spiro atoms. The van der Waals surface area contributed by atoms with Crippen LogP contribution in [0.25, 0.3) is 5.76 Å². The Balaban J connectivity index is 1.71. The quantitative estimate of drug-likeness (QED) is 0.452. The second kappa shape index (κ2) is 9.00. The van der Waals surface area contributed by atoms with Gasteiger partial charge in [0.15, 0.2) is 0 Å². The van der Waals surface area contributed by atoms with Gasteiger partial charge < -0.3 is 14.7 Å². The summed E-state index contributed by atoms with van der Waals surface area (Å²) in [5, 5.41) is 11.5. The maximum atomic E-state index is 13.0. The molecule has 0 radical (unpaired) electrons. The van der Waals surface area contributed by atoms with E-state index in [2.05, 4.69) is 4.90 Å². The number of carbonyl (C=O) groups is 2. The molecule has 1 unspecified atom stereocenters. The van der Waals surface area contributed by atoms with Crippen LogP contribution in [0.4, 0.5) is 0 Å². The maximum absolute atomic E-state index is 13.0. The Hall–Kier alpha value is -2.67. The van der Waals surface area contributed by atoms with Crippen molar-refractivity contribution in [3.05, 3.63) is 76.3 Å². The van der Waals surface area contributed by atoms with Crippen molar-refractivity contribution < 1.29 is 19.4 Å². The zero-order valence-corrected chi connectivity index (χ0v) is 17.2. The third-order valence-electron chi connectivity index (χ3n) is 5.53. The van der Waals surface area contributed by atoms with Gasteiger partial charge in [-0.25, -0.2) is 0 Å². The number of ketones is 1. The van der Waals surface area contributed by atoms with Gasteiger partial charge in [0.2, 0.25) is 0 Å². The number of hydrogen-bond donors (Lipinski definition) is 1.